The average molecular weight is 271 g/mol. The van der Waals surface area contributed by atoms with Crippen LogP contribution in [-0.4, -0.2) is 22.5 Å². The van der Waals surface area contributed by atoms with Gasteiger partial charge in [-0.2, -0.15) is 0 Å². The monoisotopic (exact) mass is 271 g/mol. The third-order valence-corrected chi connectivity index (χ3v) is 2.69. The molecule has 20 heavy (non-hydrogen) atoms. The fourth-order valence-corrected chi connectivity index (χ4v) is 1.63. The van der Waals surface area contributed by atoms with Crippen molar-refractivity contribution in [3.8, 4) is 5.75 Å². The predicted octanol–water partition coefficient (Wildman–Crippen LogP) is 2.77. The molecule has 5 heteroatoms. The fourth-order valence-electron chi connectivity index (χ4n) is 1.63. The van der Waals surface area contributed by atoms with Crippen molar-refractivity contribution in [3.63, 3.8) is 0 Å². The van der Waals surface area contributed by atoms with Crippen molar-refractivity contribution >= 4 is 12.2 Å². The van der Waals surface area contributed by atoms with Crippen LogP contribution in [0.15, 0.2) is 53.7 Å². The molecule has 102 valence electrons. The summed E-state index contributed by atoms with van der Waals surface area (Å²) in [6, 6.07) is 13.6. The molecule has 0 aliphatic rings. The van der Waals surface area contributed by atoms with Gasteiger partial charge in [0.25, 0.3) is 0 Å². The maximum Gasteiger partial charge on any atom is 0.335 e. The molecule has 2 N–H and O–H groups in total. The molecule has 2 rings (SSSR count). The number of carboxylic acid groups (broad SMARTS) is 1. The first kappa shape index (κ1) is 13.6. The number of rotatable bonds is 5. The number of oxime groups is 1. The highest BCUT2D eigenvalue weighted by atomic mass is 16.5. The topological polar surface area (TPSA) is 79.1 Å². The van der Waals surface area contributed by atoms with Crippen LogP contribution in [0.1, 0.15) is 21.5 Å². The molecule has 0 radical (unpaired) electrons. The third-order valence-electron chi connectivity index (χ3n) is 2.69. The lowest BCUT2D eigenvalue weighted by atomic mass is 10.1. The Labute approximate surface area is 115 Å². The lowest BCUT2D eigenvalue weighted by molar-refractivity contribution is 0.0697. The molecular weight excluding hydrogens is 258 g/mol. The summed E-state index contributed by atoms with van der Waals surface area (Å²) in [4.78, 5) is 10.7. The quantitative estimate of drug-likeness (QED) is 0.498. The lowest BCUT2D eigenvalue weighted by Gasteiger charge is -2.06. The highest BCUT2D eigenvalue weighted by molar-refractivity contribution is 5.87. The van der Waals surface area contributed by atoms with E-state index in [1.165, 1.54) is 6.21 Å². The van der Waals surface area contributed by atoms with Gasteiger partial charge in [-0.1, -0.05) is 17.3 Å². The van der Waals surface area contributed by atoms with Crippen molar-refractivity contribution in [2.24, 2.45) is 5.16 Å². The summed E-state index contributed by atoms with van der Waals surface area (Å²) in [5, 5.41) is 20.1. The molecule has 0 heterocycles. The largest absolute Gasteiger partial charge is 0.489 e. The second-order valence-corrected chi connectivity index (χ2v) is 4.10. The maximum atomic E-state index is 10.7. The van der Waals surface area contributed by atoms with Crippen molar-refractivity contribution < 1.29 is 19.8 Å². The maximum absolute atomic E-state index is 10.7. The molecule has 0 fully saturated rings. The van der Waals surface area contributed by atoms with E-state index < -0.39 is 5.97 Å². The SMILES string of the molecule is O=C(O)c1ccc(COc2ccc(/C=N/O)cc2)cc1. The molecule has 0 bridgehead atoms. The summed E-state index contributed by atoms with van der Waals surface area (Å²) in [7, 11) is 0. The van der Waals surface area contributed by atoms with Crippen molar-refractivity contribution in [1.29, 1.82) is 0 Å². The number of ether oxygens (including phenoxy) is 1. The van der Waals surface area contributed by atoms with Gasteiger partial charge in [0.05, 0.1) is 11.8 Å². The summed E-state index contributed by atoms with van der Waals surface area (Å²) in [5.41, 5.74) is 1.91. The van der Waals surface area contributed by atoms with Crippen LogP contribution in [0.5, 0.6) is 5.75 Å². The summed E-state index contributed by atoms with van der Waals surface area (Å²) < 4.78 is 5.57. The Morgan fingerprint density at radius 3 is 2.30 bits per heavy atom. The van der Waals surface area contributed by atoms with Gasteiger partial charge in [0.1, 0.15) is 12.4 Å². The molecule has 0 aromatic heterocycles. The first-order valence-corrected chi connectivity index (χ1v) is 5.91. The zero-order valence-electron chi connectivity index (χ0n) is 10.6. The predicted molar refractivity (Wildman–Crippen MR) is 73.6 cm³/mol. The van der Waals surface area contributed by atoms with Gasteiger partial charge in [0.15, 0.2) is 0 Å². The molecule has 5 nitrogen and oxygen atoms in total. The van der Waals surface area contributed by atoms with Crippen LogP contribution in [0.25, 0.3) is 0 Å². The van der Waals surface area contributed by atoms with E-state index in [2.05, 4.69) is 5.16 Å². The van der Waals surface area contributed by atoms with Crippen LogP contribution >= 0.6 is 0 Å². The van der Waals surface area contributed by atoms with Gasteiger partial charge in [0.2, 0.25) is 0 Å². The van der Waals surface area contributed by atoms with Gasteiger partial charge >= 0.3 is 5.97 Å². The van der Waals surface area contributed by atoms with Gasteiger partial charge in [0, 0.05) is 0 Å². The molecule has 0 aliphatic carbocycles. The molecule has 0 aliphatic heterocycles. The van der Waals surface area contributed by atoms with Crippen LogP contribution in [0, 0.1) is 0 Å². The van der Waals surface area contributed by atoms with Gasteiger partial charge in [-0.3, -0.25) is 0 Å². The second kappa shape index (κ2) is 6.38. The molecule has 0 unspecified atom stereocenters. The molecule has 0 amide bonds. The minimum absolute atomic E-state index is 0.251. The summed E-state index contributed by atoms with van der Waals surface area (Å²) in [5.74, 6) is -0.263. The normalized spacial score (nSPS) is 10.6. The number of hydrogen-bond donors (Lipinski definition) is 2. The molecule has 2 aromatic carbocycles. The van der Waals surface area contributed by atoms with Crippen molar-refractivity contribution in [2.45, 2.75) is 6.61 Å². The number of carboxylic acids is 1. The Morgan fingerprint density at radius 1 is 1.10 bits per heavy atom. The zero-order chi connectivity index (χ0) is 14.4. The highest BCUT2D eigenvalue weighted by Crippen LogP contribution is 2.14. The van der Waals surface area contributed by atoms with E-state index in [-0.39, 0.29) is 5.56 Å². The number of hydrogen-bond acceptors (Lipinski definition) is 4. The Bertz CT molecular complexity index is 603. The van der Waals surface area contributed by atoms with E-state index >= 15 is 0 Å². The molecule has 0 saturated carbocycles. The molecular formula is C15H13NO4. The minimum Gasteiger partial charge on any atom is -0.489 e. The Hall–Kier alpha value is -2.82. The number of carbonyl (C=O) groups is 1. The van der Waals surface area contributed by atoms with Gasteiger partial charge in [-0.15, -0.1) is 0 Å². The summed E-state index contributed by atoms with van der Waals surface area (Å²) >= 11 is 0. The van der Waals surface area contributed by atoms with E-state index in [1.54, 1.807) is 48.5 Å². The Kier molecular flexibility index (Phi) is 4.34. The van der Waals surface area contributed by atoms with E-state index in [0.29, 0.717) is 12.4 Å². The second-order valence-electron chi connectivity index (χ2n) is 4.10. The van der Waals surface area contributed by atoms with Crippen molar-refractivity contribution in [3.05, 3.63) is 65.2 Å². The summed E-state index contributed by atoms with van der Waals surface area (Å²) in [6.45, 7) is 0.354. The lowest BCUT2D eigenvalue weighted by Crippen LogP contribution is -1.99. The van der Waals surface area contributed by atoms with Crippen LogP contribution in [-0.2, 0) is 6.61 Å². The van der Waals surface area contributed by atoms with Gasteiger partial charge < -0.3 is 15.1 Å². The molecule has 0 saturated heterocycles. The van der Waals surface area contributed by atoms with E-state index in [1.807, 2.05) is 0 Å². The fraction of sp³-hybridized carbons (Fsp3) is 0.0667. The molecule has 0 spiro atoms. The molecule has 2 aromatic rings. The van der Waals surface area contributed by atoms with Crippen LogP contribution in [0.2, 0.25) is 0 Å². The van der Waals surface area contributed by atoms with E-state index in [9.17, 15) is 4.79 Å². The minimum atomic E-state index is -0.946. The highest BCUT2D eigenvalue weighted by Gasteiger charge is 2.02. The number of aromatic carboxylic acids is 1. The standard InChI is InChI=1S/C15H13NO4/c17-15(18)13-5-1-12(2-6-13)10-20-14-7-3-11(4-8-14)9-16-19/h1-9,19H,10H2,(H,17,18)/b16-9+. The smallest absolute Gasteiger partial charge is 0.335 e. The van der Waals surface area contributed by atoms with Gasteiger partial charge in [-0.25, -0.2) is 4.79 Å². The Balaban J connectivity index is 1.96. The first-order valence-electron chi connectivity index (χ1n) is 5.91. The number of nitrogens with zero attached hydrogens (tertiary/aromatic N) is 1. The van der Waals surface area contributed by atoms with E-state index in [0.717, 1.165) is 11.1 Å². The Morgan fingerprint density at radius 2 is 1.75 bits per heavy atom. The first-order chi connectivity index (χ1) is 9.69. The summed E-state index contributed by atoms with van der Waals surface area (Å²) in [6.07, 6.45) is 1.33. The number of benzene rings is 2. The van der Waals surface area contributed by atoms with Crippen molar-refractivity contribution in [1.82, 2.24) is 0 Å². The van der Waals surface area contributed by atoms with Crippen LogP contribution in [0.4, 0.5) is 0 Å². The van der Waals surface area contributed by atoms with Crippen molar-refractivity contribution in [2.75, 3.05) is 0 Å². The molecule has 0 atom stereocenters. The van der Waals surface area contributed by atoms with Gasteiger partial charge in [-0.05, 0) is 47.5 Å². The zero-order valence-corrected chi connectivity index (χ0v) is 10.6. The van der Waals surface area contributed by atoms with E-state index in [4.69, 9.17) is 15.1 Å². The van der Waals surface area contributed by atoms with Crippen LogP contribution < -0.4 is 4.74 Å². The third kappa shape index (κ3) is 3.58. The average Bonchev–Trinajstić information content (AvgIpc) is 2.47. The van der Waals surface area contributed by atoms with Crippen LogP contribution in [0.3, 0.4) is 0 Å².